The zero-order valence-electron chi connectivity index (χ0n) is 20.4. The van der Waals surface area contributed by atoms with E-state index in [1.807, 2.05) is 19.9 Å². The zero-order valence-corrected chi connectivity index (χ0v) is 20.4. The van der Waals surface area contributed by atoms with Crippen LogP contribution in [0.3, 0.4) is 0 Å². The Labute approximate surface area is 200 Å². The van der Waals surface area contributed by atoms with Gasteiger partial charge in [0.25, 0.3) is 0 Å². The highest BCUT2D eigenvalue weighted by Gasteiger charge is 2.26. The third-order valence-electron chi connectivity index (χ3n) is 4.95. The van der Waals surface area contributed by atoms with E-state index in [-0.39, 0.29) is 5.82 Å². The van der Waals surface area contributed by atoms with Gasteiger partial charge in [-0.3, -0.25) is 4.98 Å². The molecule has 0 aliphatic heterocycles. The monoisotopic (exact) mass is 475 g/mol. The highest BCUT2D eigenvalue weighted by Crippen LogP contribution is 2.36. The minimum atomic E-state index is -1.24. The van der Waals surface area contributed by atoms with Crippen molar-refractivity contribution in [3.63, 3.8) is 0 Å². The van der Waals surface area contributed by atoms with Crippen LogP contribution < -0.4 is 21.5 Å². The number of ether oxygens (including phenoxy) is 1. The second kappa shape index (κ2) is 13.1. The first-order valence-corrected chi connectivity index (χ1v) is 11.5. The molecule has 0 saturated heterocycles. The number of nitrogens with two attached hydrogens (primary N) is 2. The Hall–Kier alpha value is -2.86. The number of pyridine rings is 1. The van der Waals surface area contributed by atoms with Crippen LogP contribution in [-0.4, -0.2) is 57.1 Å². The molecule has 0 aromatic carbocycles. The summed E-state index contributed by atoms with van der Waals surface area (Å²) in [5.74, 6) is 0.693. The molecule has 188 valence electrons. The van der Waals surface area contributed by atoms with E-state index in [1.54, 1.807) is 26.1 Å². The van der Waals surface area contributed by atoms with Crippen LogP contribution in [0.4, 0.5) is 11.5 Å². The molecule has 0 aliphatic carbocycles. The molecule has 0 radical (unpaired) electrons. The molecule has 2 heterocycles. The van der Waals surface area contributed by atoms with Crippen molar-refractivity contribution >= 4 is 17.2 Å². The first-order chi connectivity index (χ1) is 16.1. The summed E-state index contributed by atoms with van der Waals surface area (Å²) in [5.41, 5.74) is 12.4. The van der Waals surface area contributed by atoms with Gasteiger partial charge in [0.1, 0.15) is 17.6 Å². The maximum atomic E-state index is 10.7. The number of aliphatic hydroxyl groups is 2. The second-order valence-electron chi connectivity index (χ2n) is 8.47. The Bertz CT molecular complexity index is 965. The Morgan fingerprint density at radius 1 is 1.32 bits per heavy atom. The molecule has 34 heavy (non-hydrogen) atoms. The third kappa shape index (κ3) is 8.17. The second-order valence-corrected chi connectivity index (χ2v) is 8.47. The van der Waals surface area contributed by atoms with E-state index in [9.17, 15) is 5.11 Å². The summed E-state index contributed by atoms with van der Waals surface area (Å²) in [4.78, 5) is 9.22. The van der Waals surface area contributed by atoms with Gasteiger partial charge in [-0.25, -0.2) is 9.62 Å². The van der Waals surface area contributed by atoms with Gasteiger partial charge in [0.15, 0.2) is 11.5 Å². The Kier molecular flexibility index (Phi) is 10.6. The maximum absolute atomic E-state index is 10.7. The number of rotatable bonds is 14. The van der Waals surface area contributed by atoms with Crippen LogP contribution in [0.15, 0.2) is 28.0 Å². The Morgan fingerprint density at radius 3 is 2.68 bits per heavy atom. The van der Waals surface area contributed by atoms with Crippen LogP contribution in [0.25, 0.3) is 0 Å². The lowest BCUT2D eigenvalue weighted by molar-refractivity contribution is 0.0743. The minimum Gasteiger partial charge on any atom is -0.492 e. The molecule has 0 saturated carbocycles. The van der Waals surface area contributed by atoms with Crippen LogP contribution in [0.1, 0.15) is 63.4 Å². The summed E-state index contributed by atoms with van der Waals surface area (Å²) in [5, 5.41) is 30.6. The molecule has 2 aromatic heterocycles. The SMILES string of the molecule is CC/C=C\C(=Nc1c(C(C)(C)O)ncc(OCCCNCCCC(N)O)c1C)c1nonc1N. The van der Waals surface area contributed by atoms with Gasteiger partial charge < -0.3 is 31.7 Å². The van der Waals surface area contributed by atoms with Gasteiger partial charge in [-0.2, -0.15) is 0 Å². The maximum Gasteiger partial charge on any atom is 0.198 e. The summed E-state index contributed by atoms with van der Waals surface area (Å²) < 4.78 is 10.7. The van der Waals surface area contributed by atoms with E-state index in [1.165, 1.54) is 0 Å². The highest BCUT2D eigenvalue weighted by atomic mass is 16.6. The average Bonchev–Trinajstić information content (AvgIpc) is 3.19. The van der Waals surface area contributed by atoms with Crippen molar-refractivity contribution in [1.82, 2.24) is 20.6 Å². The summed E-state index contributed by atoms with van der Waals surface area (Å²) >= 11 is 0. The fourth-order valence-electron chi connectivity index (χ4n) is 3.14. The number of aliphatic hydroxyl groups excluding tert-OH is 1. The van der Waals surface area contributed by atoms with Gasteiger partial charge in [0.05, 0.1) is 29.9 Å². The van der Waals surface area contributed by atoms with E-state index >= 15 is 0 Å². The average molecular weight is 476 g/mol. The molecule has 11 nitrogen and oxygen atoms in total. The van der Waals surface area contributed by atoms with Crippen LogP contribution in [0.2, 0.25) is 0 Å². The number of aliphatic imine (C=N–C) groups is 1. The molecule has 2 aromatic rings. The topological polar surface area (TPSA) is 178 Å². The summed E-state index contributed by atoms with van der Waals surface area (Å²) in [7, 11) is 0. The lowest BCUT2D eigenvalue weighted by Crippen LogP contribution is -2.23. The van der Waals surface area contributed by atoms with Gasteiger partial charge in [0.2, 0.25) is 0 Å². The fraction of sp³-hybridized carbons (Fsp3) is 0.565. The number of anilines is 1. The van der Waals surface area contributed by atoms with Crippen molar-refractivity contribution < 1.29 is 19.6 Å². The number of aromatic nitrogens is 3. The quantitative estimate of drug-likeness (QED) is 0.154. The molecule has 2 rings (SSSR count). The molecule has 1 unspecified atom stereocenters. The van der Waals surface area contributed by atoms with Crippen LogP contribution >= 0.6 is 0 Å². The molecular formula is C23H37N7O4. The first kappa shape index (κ1) is 27.4. The molecule has 0 aliphatic rings. The van der Waals surface area contributed by atoms with Gasteiger partial charge in [-0.05, 0) is 75.9 Å². The minimum absolute atomic E-state index is 0.121. The number of allylic oxidation sites excluding steroid dienone is 2. The highest BCUT2D eigenvalue weighted by molar-refractivity contribution is 6.11. The number of nitrogens with zero attached hydrogens (tertiary/aromatic N) is 4. The number of nitrogens with one attached hydrogen (secondary N) is 1. The molecule has 1 atom stereocenters. The van der Waals surface area contributed by atoms with Gasteiger partial charge in [-0.1, -0.05) is 13.0 Å². The number of hydrogen-bond donors (Lipinski definition) is 5. The predicted octanol–water partition coefficient (Wildman–Crippen LogP) is 2.09. The number of nitrogen functional groups attached to an aromatic ring is 1. The van der Waals surface area contributed by atoms with Crippen molar-refractivity contribution in [3.8, 4) is 5.75 Å². The van der Waals surface area contributed by atoms with Crippen LogP contribution in [-0.2, 0) is 5.60 Å². The van der Waals surface area contributed by atoms with Crippen molar-refractivity contribution in [2.45, 2.75) is 65.2 Å². The van der Waals surface area contributed by atoms with Gasteiger partial charge >= 0.3 is 0 Å². The lowest BCUT2D eigenvalue weighted by atomic mass is 10.00. The lowest BCUT2D eigenvalue weighted by Gasteiger charge is -2.21. The number of hydrogen-bond acceptors (Lipinski definition) is 11. The summed E-state index contributed by atoms with van der Waals surface area (Å²) in [6, 6.07) is 0. The van der Waals surface area contributed by atoms with Crippen molar-refractivity contribution in [1.29, 1.82) is 0 Å². The van der Waals surface area contributed by atoms with Crippen molar-refractivity contribution in [2.24, 2.45) is 10.7 Å². The van der Waals surface area contributed by atoms with E-state index < -0.39 is 11.8 Å². The van der Waals surface area contributed by atoms with Gasteiger partial charge in [0, 0.05) is 5.56 Å². The van der Waals surface area contributed by atoms with E-state index in [0.717, 1.165) is 37.9 Å². The normalized spacial score (nSPS) is 13.6. The zero-order chi connectivity index (χ0) is 25.1. The van der Waals surface area contributed by atoms with Crippen molar-refractivity contribution in [3.05, 3.63) is 35.3 Å². The molecule has 0 bridgehead atoms. The van der Waals surface area contributed by atoms with E-state index in [0.29, 0.717) is 41.6 Å². The summed E-state index contributed by atoms with van der Waals surface area (Å²) in [6.45, 7) is 9.19. The molecule has 0 fully saturated rings. The smallest absolute Gasteiger partial charge is 0.198 e. The largest absolute Gasteiger partial charge is 0.492 e. The van der Waals surface area contributed by atoms with Crippen LogP contribution in [0, 0.1) is 6.92 Å². The molecule has 11 heteroatoms. The van der Waals surface area contributed by atoms with Crippen molar-refractivity contribution in [2.75, 3.05) is 25.4 Å². The fourth-order valence-corrected chi connectivity index (χ4v) is 3.14. The third-order valence-corrected chi connectivity index (χ3v) is 4.95. The van der Waals surface area contributed by atoms with Crippen LogP contribution in [0.5, 0.6) is 5.75 Å². The molecular weight excluding hydrogens is 438 g/mol. The predicted molar refractivity (Wildman–Crippen MR) is 131 cm³/mol. The standard InChI is InChI=1S/C23H37N7O4/c1-5-6-9-16(20-22(25)30-34-29-20)28-19-15(2)17(14-27-21(19)23(3,4)32)33-13-8-12-26-11-7-10-18(24)31/h6,9,14,18,26,31-32H,5,7-8,10-13,24H2,1-4H3,(H2,25,30)/b9-6-,28-16?. The molecule has 0 amide bonds. The van der Waals surface area contributed by atoms with Gasteiger partial charge in [-0.15, -0.1) is 0 Å². The Balaban J connectivity index is 2.23. The first-order valence-electron chi connectivity index (χ1n) is 11.5. The summed E-state index contributed by atoms with van der Waals surface area (Å²) in [6.07, 6.45) is 7.47. The van der Waals surface area contributed by atoms with E-state index in [2.05, 4.69) is 20.6 Å². The molecule has 0 spiro atoms. The Morgan fingerprint density at radius 2 is 2.06 bits per heavy atom. The van der Waals surface area contributed by atoms with E-state index in [4.69, 9.17) is 30.9 Å². The molecule has 7 N–H and O–H groups in total.